The van der Waals surface area contributed by atoms with E-state index >= 15 is 0 Å². The van der Waals surface area contributed by atoms with Crippen molar-refractivity contribution >= 4 is 0 Å². The van der Waals surface area contributed by atoms with E-state index in [2.05, 4.69) is 5.32 Å². The minimum Gasteiger partial charge on any atom is -0.378 e. The van der Waals surface area contributed by atoms with Gasteiger partial charge in [0.05, 0.1) is 6.10 Å². The van der Waals surface area contributed by atoms with E-state index < -0.39 is 0 Å². The van der Waals surface area contributed by atoms with Gasteiger partial charge < -0.3 is 10.1 Å². The summed E-state index contributed by atoms with van der Waals surface area (Å²) in [7, 11) is 2.03. The van der Waals surface area contributed by atoms with E-state index in [0.717, 1.165) is 43.2 Å². The van der Waals surface area contributed by atoms with Gasteiger partial charge in [0.1, 0.15) is 0 Å². The summed E-state index contributed by atoms with van der Waals surface area (Å²) in [5.41, 5.74) is 0. The molecule has 0 aliphatic heterocycles. The summed E-state index contributed by atoms with van der Waals surface area (Å²) in [6.45, 7) is 2.05. The number of rotatable bonds is 5. The van der Waals surface area contributed by atoms with E-state index in [1.165, 1.54) is 51.4 Å². The van der Waals surface area contributed by atoms with Crippen molar-refractivity contribution < 1.29 is 4.74 Å². The SMILES string of the molecule is CNCCCOC1CCC2CCCC3CCCC1C32. The van der Waals surface area contributed by atoms with Crippen molar-refractivity contribution in [3.8, 4) is 0 Å². The zero-order valence-corrected chi connectivity index (χ0v) is 12.6. The van der Waals surface area contributed by atoms with Gasteiger partial charge in [0.2, 0.25) is 0 Å². The summed E-state index contributed by atoms with van der Waals surface area (Å²) in [6.07, 6.45) is 13.5. The molecule has 2 heteroatoms. The molecule has 0 aromatic heterocycles. The smallest absolute Gasteiger partial charge is 0.0606 e. The fourth-order valence-electron chi connectivity index (χ4n) is 5.31. The highest BCUT2D eigenvalue weighted by molar-refractivity contribution is 4.96. The van der Waals surface area contributed by atoms with E-state index in [-0.39, 0.29) is 0 Å². The lowest BCUT2D eigenvalue weighted by atomic mass is 9.55. The van der Waals surface area contributed by atoms with Crippen molar-refractivity contribution in [2.75, 3.05) is 20.2 Å². The number of ether oxygens (including phenoxy) is 1. The van der Waals surface area contributed by atoms with Crippen molar-refractivity contribution in [3.05, 3.63) is 0 Å². The molecule has 2 nitrogen and oxygen atoms in total. The van der Waals surface area contributed by atoms with Crippen LogP contribution < -0.4 is 5.32 Å². The standard InChI is InChI=1S/C17H31NO/c1-18-11-4-12-19-16-10-9-14-6-2-5-13-7-3-8-15(16)17(13)14/h13-18H,2-12H2,1H3. The average Bonchev–Trinajstić information content (AvgIpc) is 2.46. The van der Waals surface area contributed by atoms with E-state index in [0.29, 0.717) is 6.10 Å². The monoisotopic (exact) mass is 265 g/mol. The quantitative estimate of drug-likeness (QED) is 0.767. The number of hydrogen-bond donors (Lipinski definition) is 1. The molecule has 5 atom stereocenters. The molecular formula is C17H31NO. The first kappa shape index (κ1) is 13.9. The first-order chi connectivity index (χ1) is 9.40. The minimum absolute atomic E-state index is 0.596. The Morgan fingerprint density at radius 1 is 0.947 bits per heavy atom. The third-order valence-electron chi connectivity index (χ3n) is 6.05. The van der Waals surface area contributed by atoms with Gasteiger partial charge in [0.15, 0.2) is 0 Å². The molecule has 3 aliphatic carbocycles. The van der Waals surface area contributed by atoms with Crippen LogP contribution in [0.1, 0.15) is 57.8 Å². The third kappa shape index (κ3) is 3.00. The molecule has 19 heavy (non-hydrogen) atoms. The Balaban J connectivity index is 1.58. The Morgan fingerprint density at radius 3 is 2.47 bits per heavy atom. The summed E-state index contributed by atoms with van der Waals surface area (Å²) in [5.74, 6) is 4.06. The Kier molecular flexibility index (Phi) is 4.81. The van der Waals surface area contributed by atoms with Crippen molar-refractivity contribution in [1.29, 1.82) is 0 Å². The topological polar surface area (TPSA) is 21.3 Å². The predicted octanol–water partition coefficient (Wildman–Crippen LogP) is 3.61. The van der Waals surface area contributed by atoms with Crippen LogP contribution in [0.4, 0.5) is 0 Å². The highest BCUT2D eigenvalue weighted by Gasteiger charge is 2.46. The van der Waals surface area contributed by atoms with Gasteiger partial charge in [0, 0.05) is 6.61 Å². The van der Waals surface area contributed by atoms with Crippen molar-refractivity contribution in [1.82, 2.24) is 5.32 Å². The molecule has 3 rings (SSSR count). The summed E-state index contributed by atoms with van der Waals surface area (Å²) in [6, 6.07) is 0. The fraction of sp³-hybridized carbons (Fsp3) is 1.00. The Bertz CT molecular complexity index is 272. The van der Waals surface area contributed by atoms with E-state index in [1.54, 1.807) is 0 Å². The zero-order chi connectivity index (χ0) is 13.1. The van der Waals surface area contributed by atoms with Crippen LogP contribution in [0.2, 0.25) is 0 Å². The van der Waals surface area contributed by atoms with Crippen molar-refractivity contribution in [2.45, 2.75) is 63.9 Å². The Morgan fingerprint density at radius 2 is 1.68 bits per heavy atom. The largest absolute Gasteiger partial charge is 0.378 e. The average molecular weight is 265 g/mol. The molecule has 0 aromatic carbocycles. The number of hydrogen-bond acceptors (Lipinski definition) is 2. The molecule has 1 N–H and O–H groups in total. The van der Waals surface area contributed by atoms with Crippen LogP contribution in [-0.2, 0) is 4.74 Å². The first-order valence-corrected chi connectivity index (χ1v) is 8.66. The molecule has 5 unspecified atom stereocenters. The summed E-state index contributed by atoms with van der Waals surface area (Å²) in [5, 5.41) is 3.21. The van der Waals surface area contributed by atoms with Crippen molar-refractivity contribution in [3.63, 3.8) is 0 Å². The second kappa shape index (κ2) is 6.58. The van der Waals surface area contributed by atoms with E-state index in [9.17, 15) is 0 Å². The van der Waals surface area contributed by atoms with E-state index in [4.69, 9.17) is 4.74 Å². The van der Waals surface area contributed by atoms with Gasteiger partial charge in [-0.15, -0.1) is 0 Å². The van der Waals surface area contributed by atoms with Crippen LogP contribution in [-0.4, -0.2) is 26.3 Å². The van der Waals surface area contributed by atoms with Crippen LogP contribution in [0.3, 0.4) is 0 Å². The van der Waals surface area contributed by atoms with Gasteiger partial charge >= 0.3 is 0 Å². The van der Waals surface area contributed by atoms with E-state index in [1.807, 2.05) is 7.05 Å². The van der Waals surface area contributed by atoms with Gasteiger partial charge in [-0.1, -0.05) is 32.1 Å². The molecule has 0 radical (unpaired) electrons. The van der Waals surface area contributed by atoms with Crippen LogP contribution in [0.15, 0.2) is 0 Å². The molecule has 0 spiro atoms. The van der Waals surface area contributed by atoms with Gasteiger partial charge in [-0.2, -0.15) is 0 Å². The summed E-state index contributed by atoms with van der Waals surface area (Å²) < 4.78 is 6.28. The fourth-order valence-corrected chi connectivity index (χ4v) is 5.31. The number of nitrogens with one attached hydrogen (secondary N) is 1. The molecule has 3 fully saturated rings. The summed E-state index contributed by atoms with van der Waals surface area (Å²) in [4.78, 5) is 0. The molecule has 0 heterocycles. The van der Waals surface area contributed by atoms with Gasteiger partial charge in [-0.25, -0.2) is 0 Å². The first-order valence-electron chi connectivity index (χ1n) is 8.66. The molecule has 0 amide bonds. The Labute approximate surface area is 118 Å². The minimum atomic E-state index is 0.596. The lowest BCUT2D eigenvalue weighted by Crippen LogP contribution is -2.47. The Hall–Kier alpha value is -0.0800. The van der Waals surface area contributed by atoms with Gasteiger partial charge in [0.25, 0.3) is 0 Å². The normalized spacial score (nSPS) is 41.8. The second-order valence-electron chi connectivity index (χ2n) is 7.07. The maximum atomic E-state index is 6.28. The van der Waals surface area contributed by atoms with Crippen LogP contribution in [0, 0.1) is 23.7 Å². The highest BCUT2D eigenvalue weighted by Crippen LogP contribution is 2.53. The molecule has 3 saturated carbocycles. The van der Waals surface area contributed by atoms with Crippen LogP contribution >= 0.6 is 0 Å². The molecule has 110 valence electrons. The highest BCUT2D eigenvalue weighted by atomic mass is 16.5. The van der Waals surface area contributed by atoms with Crippen LogP contribution in [0.5, 0.6) is 0 Å². The van der Waals surface area contributed by atoms with Gasteiger partial charge in [-0.05, 0) is 62.9 Å². The summed E-state index contributed by atoms with van der Waals surface area (Å²) >= 11 is 0. The third-order valence-corrected chi connectivity index (χ3v) is 6.05. The molecule has 0 saturated heterocycles. The zero-order valence-electron chi connectivity index (χ0n) is 12.6. The molecule has 0 aromatic rings. The second-order valence-corrected chi connectivity index (χ2v) is 7.07. The molecule has 3 aliphatic rings. The predicted molar refractivity (Wildman–Crippen MR) is 79.2 cm³/mol. The maximum absolute atomic E-state index is 6.28. The lowest BCUT2D eigenvalue weighted by Gasteiger charge is -2.52. The van der Waals surface area contributed by atoms with Gasteiger partial charge in [-0.3, -0.25) is 0 Å². The lowest BCUT2D eigenvalue weighted by molar-refractivity contribution is -0.0972. The van der Waals surface area contributed by atoms with Crippen molar-refractivity contribution in [2.24, 2.45) is 23.7 Å². The molecular weight excluding hydrogens is 234 g/mol. The maximum Gasteiger partial charge on any atom is 0.0606 e. The molecule has 0 bridgehead atoms. The van der Waals surface area contributed by atoms with Crippen LogP contribution in [0.25, 0.3) is 0 Å².